The van der Waals surface area contributed by atoms with Crippen molar-refractivity contribution < 1.29 is 9.84 Å². The highest BCUT2D eigenvalue weighted by Gasteiger charge is 2.00. The van der Waals surface area contributed by atoms with Gasteiger partial charge in [-0.05, 0) is 42.8 Å². The molecule has 3 heteroatoms. The summed E-state index contributed by atoms with van der Waals surface area (Å²) in [6.07, 6.45) is 1.75. The van der Waals surface area contributed by atoms with Crippen LogP contribution < -0.4 is 4.74 Å². The maximum Gasteiger partial charge on any atom is 0.130 e. The van der Waals surface area contributed by atoms with Gasteiger partial charge in [-0.3, -0.25) is 4.98 Å². The van der Waals surface area contributed by atoms with Crippen molar-refractivity contribution in [3.05, 3.63) is 53.9 Å². The first-order valence-corrected chi connectivity index (χ1v) is 5.08. The second kappa shape index (κ2) is 4.66. The first kappa shape index (κ1) is 10.5. The molecule has 0 aliphatic heterocycles. The zero-order valence-corrected chi connectivity index (χ0v) is 9.05. The van der Waals surface area contributed by atoms with E-state index in [0.717, 1.165) is 17.0 Å². The van der Waals surface area contributed by atoms with E-state index in [4.69, 9.17) is 9.84 Å². The predicted octanol–water partition coefficient (Wildman–Crippen LogP) is 2.67. The molecule has 0 aliphatic carbocycles. The van der Waals surface area contributed by atoms with Crippen molar-refractivity contribution in [3.63, 3.8) is 0 Å². The van der Waals surface area contributed by atoms with E-state index >= 15 is 0 Å². The minimum atomic E-state index is 0.237. The number of aromatic nitrogens is 1. The standard InChI is InChI=1S/C13H13NO2/c1-10-3-2-8-14-13(10)9-16-12-6-4-11(15)5-7-12/h2-8,15H,9H2,1H3. The molecule has 1 N–H and O–H groups in total. The number of aryl methyl sites for hydroxylation is 1. The summed E-state index contributed by atoms with van der Waals surface area (Å²) in [5.74, 6) is 0.962. The normalized spacial score (nSPS) is 10.1. The summed E-state index contributed by atoms with van der Waals surface area (Å²) in [6.45, 7) is 2.44. The van der Waals surface area contributed by atoms with Crippen LogP contribution in [-0.4, -0.2) is 10.1 Å². The second-order valence-electron chi connectivity index (χ2n) is 3.55. The Morgan fingerprint density at radius 3 is 2.62 bits per heavy atom. The van der Waals surface area contributed by atoms with Crippen LogP contribution in [0.2, 0.25) is 0 Å². The molecule has 3 nitrogen and oxygen atoms in total. The van der Waals surface area contributed by atoms with Crippen molar-refractivity contribution in [2.75, 3.05) is 0 Å². The third-order valence-electron chi connectivity index (χ3n) is 2.33. The molecule has 0 radical (unpaired) electrons. The lowest BCUT2D eigenvalue weighted by atomic mass is 10.2. The zero-order valence-electron chi connectivity index (χ0n) is 9.05. The van der Waals surface area contributed by atoms with E-state index in [9.17, 15) is 0 Å². The van der Waals surface area contributed by atoms with E-state index in [0.29, 0.717) is 6.61 Å². The molecular formula is C13H13NO2. The number of benzene rings is 1. The molecule has 0 aliphatic rings. The molecule has 1 aromatic carbocycles. The number of rotatable bonds is 3. The van der Waals surface area contributed by atoms with E-state index in [-0.39, 0.29) is 5.75 Å². The summed E-state index contributed by atoms with van der Waals surface area (Å²) in [4.78, 5) is 4.24. The number of pyridine rings is 1. The third-order valence-corrected chi connectivity index (χ3v) is 2.33. The van der Waals surface area contributed by atoms with Crippen LogP contribution in [-0.2, 0) is 6.61 Å². The van der Waals surface area contributed by atoms with Gasteiger partial charge >= 0.3 is 0 Å². The molecule has 2 rings (SSSR count). The maximum absolute atomic E-state index is 9.12. The van der Waals surface area contributed by atoms with Crippen LogP contribution >= 0.6 is 0 Å². The highest BCUT2D eigenvalue weighted by molar-refractivity contribution is 5.30. The fourth-order valence-corrected chi connectivity index (χ4v) is 1.36. The minimum Gasteiger partial charge on any atom is -0.508 e. The molecule has 0 amide bonds. The van der Waals surface area contributed by atoms with Crippen molar-refractivity contribution in [2.45, 2.75) is 13.5 Å². The van der Waals surface area contributed by atoms with Crippen LogP contribution in [0.5, 0.6) is 11.5 Å². The highest BCUT2D eigenvalue weighted by Crippen LogP contribution is 2.17. The zero-order chi connectivity index (χ0) is 11.4. The number of nitrogens with zero attached hydrogens (tertiary/aromatic N) is 1. The van der Waals surface area contributed by atoms with Gasteiger partial charge < -0.3 is 9.84 Å². The number of hydrogen-bond donors (Lipinski definition) is 1. The predicted molar refractivity (Wildman–Crippen MR) is 61.4 cm³/mol. The summed E-state index contributed by atoms with van der Waals surface area (Å²) < 4.78 is 5.55. The second-order valence-corrected chi connectivity index (χ2v) is 3.55. The molecule has 0 bridgehead atoms. The van der Waals surface area contributed by atoms with Gasteiger partial charge in [-0.2, -0.15) is 0 Å². The van der Waals surface area contributed by atoms with Crippen molar-refractivity contribution in [3.8, 4) is 11.5 Å². The van der Waals surface area contributed by atoms with Gasteiger partial charge in [0.05, 0.1) is 5.69 Å². The van der Waals surface area contributed by atoms with E-state index in [1.54, 1.807) is 30.5 Å². The Labute approximate surface area is 94.3 Å². The first-order valence-electron chi connectivity index (χ1n) is 5.08. The Balaban J connectivity index is 2.02. The molecule has 82 valence electrons. The number of ether oxygens (including phenoxy) is 1. The van der Waals surface area contributed by atoms with Gasteiger partial charge in [0.25, 0.3) is 0 Å². The average Bonchev–Trinajstić information content (AvgIpc) is 2.30. The van der Waals surface area contributed by atoms with Crippen LogP contribution in [0.1, 0.15) is 11.3 Å². The van der Waals surface area contributed by atoms with Crippen LogP contribution in [0.4, 0.5) is 0 Å². The van der Waals surface area contributed by atoms with Crippen molar-refractivity contribution in [1.29, 1.82) is 0 Å². The monoisotopic (exact) mass is 215 g/mol. The number of phenols is 1. The Hall–Kier alpha value is -2.03. The van der Waals surface area contributed by atoms with Gasteiger partial charge in [-0.1, -0.05) is 6.07 Å². The molecule has 0 saturated carbocycles. The first-order chi connectivity index (χ1) is 7.75. The van der Waals surface area contributed by atoms with Crippen molar-refractivity contribution in [1.82, 2.24) is 4.98 Å². The van der Waals surface area contributed by atoms with Gasteiger partial charge in [-0.15, -0.1) is 0 Å². The average molecular weight is 215 g/mol. The van der Waals surface area contributed by atoms with Gasteiger partial charge in [0.1, 0.15) is 18.1 Å². The van der Waals surface area contributed by atoms with Crippen LogP contribution in [0.3, 0.4) is 0 Å². The number of phenolic OH excluding ortho intramolecular Hbond substituents is 1. The SMILES string of the molecule is Cc1cccnc1COc1ccc(O)cc1. The van der Waals surface area contributed by atoms with E-state index in [1.165, 1.54) is 0 Å². The van der Waals surface area contributed by atoms with E-state index in [1.807, 2.05) is 19.1 Å². The molecule has 2 aromatic rings. The molecule has 0 spiro atoms. The van der Waals surface area contributed by atoms with Crippen molar-refractivity contribution >= 4 is 0 Å². The van der Waals surface area contributed by atoms with Crippen molar-refractivity contribution in [2.24, 2.45) is 0 Å². The van der Waals surface area contributed by atoms with Crippen LogP contribution in [0.25, 0.3) is 0 Å². The summed E-state index contributed by atoms with van der Waals surface area (Å²) >= 11 is 0. The third kappa shape index (κ3) is 2.51. The quantitative estimate of drug-likeness (QED) is 0.855. The molecule has 0 fully saturated rings. The smallest absolute Gasteiger partial charge is 0.130 e. The summed E-state index contributed by atoms with van der Waals surface area (Å²) in [5, 5.41) is 9.12. The molecule has 1 heterocycles. The Kier molecular flexibility index (Phi) is 3.05. The van der Waals surface area contributed by atoms with Crippen LogP contribution in [0.15, 0.2) is 42.6 Å². The summed E-state index contributed by atoms with van der Waals surface area (Å²) in [7, 11) is 0. The topological polar surface area (TPSA) is 42.4 Å². The van der Waals surface area contributed by atoms with Crippen LogP contribution in [0, 0.1) is 6.92 Å². The summed E-state index contributed by atoms with van der Waals surface area (Å²) in [5.41, 5.74) is 2.04. The molecule has 16 heavy (non-hydrogen) atoms. The highest BCUT2D eigenvalue weighted by atomic mass is 16.5. The Bertz CT molecular complexity index is 466. The molecular weight excluding hydrogens is 202 g/mol. The fourth-order valence-electron chi connectivity index (χ4n) is 1.36. The van der Waals surface area contributed by atoms with E-state index in [2.05, 4.69) is 4.98 Å². The lowest BCUT2D eigenvalue weighted by molar-refractivity contribution is 0.300. The fraction of sp³-hybridized carbons (Fsp3) is 0.154. The van der Waals surface area contributed by atoms with Gasteiger partial charge in [-0.25, -0.2) is 0 Å². The van der Waals surface area contributed by atoms with E-state index < -0.39 is 0 Å². The number of aromatic hydroxyl groups is 1. The lowest BCUT2D eigenvalue weighted by Crippen LogP contribution is -2.00. The summed E-state index contributed by atoms with van der Waals surface area (Å²) in [6, 6.07) is 10.6. The van der Waals surface area contributed by atoms with Gasteiger partial charge in [0.2, 0.25) is 0 Å². The molecule has 0 unspecified atom stereocenters. The largest absolute Gasteiger partial charge is 0.508 e. The lowest BCUT2D eigenvalue weighted by Gasteiger charge is -2.07. The van der Waals surface area contributed by atoms with Gasteiger partial charge in [0.15, 0.2) is 0 Å². The Morgan fingerprint density at radius 1 is 1.19 bits per heavy atom. The minimum absolute atomic E-state index is 0.237. The van der Waals surface area contributed by atoms with Gasteiger partial charge in [0, 0.05) is 6.20 Å². The number of hydrogen-bond acceptors (Lipinski definition) is 3. The molecule has 0 saturated heterocycles. The molecule has 1 aromatic heterocycles. The maximum atomic E-state index is 9.12. The molecule has 0 atom stereocenters. The Morgan fingerprint density at radius 2 is 1.94 bits per heavy atom.